The number of rotatable bonds is 17. The molecular formula is C29H50F2N2O3Sn. The van der Waals surface area contributed by atoms with Crippen molar-refractivity contribution in [2.45, 2.75) is 116 Å². The molecule has 0 aromatic heterocycles. The molecule has 0 heterocycles. The van der Waals surface area contributed by atoms with E-state index in [1.807, 2.05) is 20.8 Å². The molecule has 8 heteroatoms. The molecular weight excluding hydrogens is 581 g/mol. The molecule has 0 saturated heterocycles. The van der Waals surface area contributed by atoms with Crippen LogP contribution in [-0.4, -0.2) is 54.0 Å². The Bertz CT molecular complexity index is 798. The molecule has 1 aromatic carbocycles. The molecule has 5 nitrogen and oxygen atoms in total. The molecule has 1 amide bonds. The maximum absolute atomic E-state index is 14.3. The van der Waals surface area contributed by atoms with Crippen LogP contribution >= 0.6 is 0 Å². The Labute approximate surface area is 228 Å². The number of benzene rings is 1. The van der Waals surface area contributed by atoms with Crippen molar-refractivity contribution in [3.8, 4) is 5.75 Å². The van der Waals surface area contributed by atoms with Crippen LogP contribution in [0.1, 0.15) is 98.5 Å². The number of carbonyl (C=O) groups excluding carboxylic acids is 1. The van der Waals surface area contributed by atoms with Gasteiger partial charge in [0.2, 0.25) is 0 Å². The topological polar surface area (TPSA) is 59.9 Å². The van der Waals surface area contributed by atoms with E-state index in [1.165, 1.54) is 45.9 Å². The molecule has 0 spiro atoms. The van der Waals surface area contributed by atoms with Gasteiger partial charge in [0.1, 0.15) is 0 Å². The van der Waals surface area contributed by atoms with E-state index in [9.17, 15) is 13.6 Å². The quantitative estimate of drug-likeness (QED) is 0.107. The monoisotopic (exact) mass is 632 g/mol. The van der Waals surface area contributed by atoms with Crippen molar-refractivity contribution in [1.82, 2.24) is 5.32 Å². The van der Waals surface area contributed by atoms with E-state index < -0.39 is 35.6 Å². The summed E-state index contributed by atoms with van der Waals surface area (Å²) >= 11 is -2.83. The molecule has 212 valence electrons. The fourth-order valence-corrected chi connectivity index (χ4v) is 22.5. The van der Waals surface area contributed by atoms with Crippen molar-refractivity contribution >= 4 is 30.7 Å². The number of alkyl carbamates (subject to hydrolysis) is 1. The van der Waals surface area contributed by atoms with Gasteiger partial charge in [-0.1, -0.05) is 0 Å². The molecule has 1 unspecified atom stereocenters. The average molecular weight is 631 g/mol. The van der Waals surface area contributed by atoms with E-state index >= 15 is 0 Å². The molecule has 0 aliphatic rings. The van der Waals surface area contributed by atoms with Gasteiger partial charge in [-0.15, -0.1) is 0 Å². The third kappa shape index (κ3) is 12.3. The van der Waals surface area contributed by atoms with Gasteiger partial charge < -0.3 is 0 Å². The summed E-state index contributed by atoms with van der Waals surface area (Å²) in [7, 11) is 1.37. The van der Waals surface area contributed by atoms with Crippen molar-refractivity contribution in [1.29, 1.82) is 0 Å². The number of ether oxygens (including phenoxy) is 2. The number of aliphatic imine (C=N–C) groups is 1. The van der Waals surface area contributed by atoms with Crippen LogP contribution in [0.15, 0.2) is 17.1 Å². The van der Waals surface area contributed by atoms with E-state index in [2.05, 4.69) is 31.1 Å². The number of methoxy groups -OCH3 is 1. The number of hydrogen-bond acceptors (Lipinski definition) is 4. The zero-order chi connectivity index (χ0) is 27.9. The SMILES string of the molecule is CCC[CH2][Sn]([CH2]CCC)([CH2]CCC)[CH](CCCN=Cc1c(F)cc(OC)cc1F)NC(=O)OC(C)(C)C. The summed E-state index contributed by atoms with van der Waals surface area (Å²) < 4.78 is 43.0. The van der Waals surface area contributed by atoms with Crippen molar-refractivity contribution < 1.29 is 23.0 Å². The number of nitrogens with zero attached hydrogens (tertiary/aromatic N) is 1. The second kappa shape index (κ2) is 17.3. The molecule has 0 bridgehead atoms. The van der Waals surface area contributed by atoms with Gasteiger partial charge in [-0.25, -0.2) is 0 Å². The van der Waals surface area contributed by atoms with Crippen LogP contribution < -0.4 is 10.1 Å². The summed E-state index contributed by atoms with van der Waals surface area (Å²) in [5.74, 6) is -1.25. The molecule has 0 aliphatic heterocycles. The number of carbonyl (C=O) groups is 1. The summed E-state index contributed by atoms with van der Waals surface area (Å²) in [5, 5.41) is 3.33. The summed E-state index contributed by atoms with van der Waals surface area (Å²) in [6, 6.07) is 2.31. The second-order valence-corrected chi connectivity index (χ2v) is 25.1. The molecule has 1 rings (SSSR count). The van der Waals surface area contributed by atoms with Crippen molar-refractivity contribution in [2.24, 2.45) is 4.99 Å². The normalized spacial score (nSPS) is 13.1. The fraction of sp³-hybridized carbons (Fsp3) is 0.724. The zero-order valence-corrected chi connectivity index (χ0v) is 27.1. The second-order valence-electron chi connectivity index (χ2n) is 11.1. The van der Waals surface area contributed by atoms with Gasteiger partial charge in [0, 0.05) is 0 Å². The van der Waals surface area contributed by atoms with Gasteiger partial charge in [-0.3, -0.25) is 0 Å². The Hall–Kier alpha value is -1.38. The Kier molecular flexibility index (Phi) is 15.7. The fourth-order valence-electron chi connectivity index (χ4n) is 4.81. The number of halogens is 2. The van der Waals surface area contributed by atoms with Crippen LogP contribution in [0.4, 0.5) is 13.6 Å². The van der Waals surface area contributed by atoms with Gasteiger partial charge in [-0.2, -0.15) is 0 Å². The summed E-state index contributed by atoms with van der Waals surface area (Å²) in [6.07, 6.45) is 9.53. The molecule has 0 fully saturated rings. The zero-order valence-electron chi connectivity index (χ0n) is 24.2. The van der Waals surface area contributed by atoms with E-state index in [-0.39, 0.29) is 21.5 Å². The average Bonchev–Trinajstić information content (AvgIpc) is 2.83. The van der Waals surface area contributed by atoms with Crippen LogP contribution in [0.3, 0.4) is 0 Å². The minimum absolute atomic E-state index is 0.137. The Morgan fingerprint density at radius 2 is 1.51 bits per heavy atom. The van der Waals surface area contributed by atoms with Crippen molar-refractivity contribution in [3.05, 3.63) is 29.3 Å². The standard InChI is InChI=1S/C17H23F2N2O3.3C4H9.Sn/c1-17(2,3)24-16(22)21-8-6-5-7-20-11-13-14(18)9-12(23-4)10-15(13)19;3*1-3-4-2;/h8-11H,5-7H2,1-4H3,(H,21,22);3*1,3-4H2,2H3;. The minimum atomic E-state index is -2.83. The first-order chi connectivity index (χ1) is 17.5. The third-order valence-electron chi connectivity index (χ3n) is 6.80. The van der Waals surface area contributed by atoms with Crippen LogP contribution in [-0.2, 0) is 4.74 Å². The Balaban J connectivity index is 3.10. The number of nitrogens with one attached hydrogen (secondary N) is 1. The van der Waals surface area contributed by atoms with Crippen molar-refractivity contribution in [2.75, 3.05) is 13.7 Å². The van der Waals surface area contributed by atoms with E-state index in [0.717, 1.165) is 44.2 Å². The predicted molar refractivity (Wildman–Crippen MR) is 153 cm³/mol. The molecule has 0 aliphatic carbocycles. The van der Waals surface area contributed by atoms with E-state index in [1.54, 1.807) is 0 Å². The first-order valence-electron chi connectivity index (χ1n) is 14.0. The van der Waals surface area contributed by atoms with Gasteiger partial charge in [-0.05, 0) is 0 Å². The van der Waals surface area contributed by atoms with Gasteiger partial charge in [0.05, 0.1) is 0 Å². The predicted octanol–water partition coefficient (Wildman–Crippen LogP) is 8.45. The third-order valence-corrected chi connectivity index (χ3v) is 23.8. The summed E-state index contributed by atoms with van der Waals surface area (Å²) in [6.45, 7) is 12.8. The van der Waals surface area contributed by atoms with E-state index in [0.29, 0.717) is 6.54 Å². The Morgan fingerprint density at radius 1 is 1.00 bits per heavy atom. The molecule has 0 saturated carbocycles. The maximum atomic E-state index is 14.3. The number of hydrogen-bond donors (Lipinski definition) is 1. The van der Waals surface area contributed by atoms with Crippen LogP contribution in [0.2, 0.25) is 13.3 Å². The Morgan fingerprint density at radius 3 is 1.95 bits per heavy atom. The van der Waals surface area contributed by atoms with Gasteiger partial charge in [0.25, 0.3) is 0 Å². The molecule has 1 atom stereocenters. The van der Waals surface area contributed by atoms with Crippen molar-refractivity contribution in [3.63, 3.8) is 0 Å². The molecule has 0 radical (unpaired) electrons. The van der Waals surface area contributed by atoms with E-state index in [4.69, 9.17) is 9.47 Å². The molecule has 1 aromatic rings. The first kappa shape index (κ1) is 33.6. The van der Waals surface area contributed by atoms with Crippen LogP contribution in [0, 0.1) is 11.6 Å². The molecule has 37 heavy (non-hydrogen) atoms. The first-order valence-corrected chi connectivity index (χ1v) is 21.7. The summed E-state index contributed by atoms with van der Waals surface area (Å²) in [4.78, 5) is 17.2. The molecule has 1 N–H and O–H groups in total. The number of unbranched alkanes of at least 4 members (excludes halogenated alkanes) is 3. The van der Waals surface area contributed by atoms with Gasteiger partial charge in [0.15, 0.2) is 0 Å². The number of amides is 1. The van der Waals surface area contributed by atoms with Crippen LogP contribution in [0.25, 0.3) is 0 Å². The van der Waals surface area contributed by atoms with Gasteiger partial charge >= 0.3 is 229 Å². The summed E-state index contributed by atoms with van der Waals surface area (Å²) in [5.41, 5.74) is -0.716. The van der Waals surface area contributed by atoms with Crippen LogP contribution in [0.5, 0.6) is 5.75 Å².